The van der Waals surface area contributed by atoms with Gasteiger partial charge >= 0.3 is 0 Å². The molecule has 140 valence electrons. The minimum absolute atomic E-state index is 0.149. The fraction of sp³-hybridized carbons (Fsp3) is 0.0625. The summed E-state index contributed by atoms with van der Waals surface area (Å²) in [5.41, 5.74) is 0.285. The number of hydrogen-bond acceptors (Lipinski definition) is 6. The zero-order chi connectivity index (χ0) is 19.8. The molecule has 0 saturated carbocycles. The van der Waals surface area contributed by atoms with E-state index in [1.54, 1.807) is 0 Å². The zero-order valence-electron chi connectivity index (χ0n) is 13.5. The predicted molar refractivity (Wildman–Crippen MR) is 96.2 cm³/mol. The van der Waals surface area contributed by atoms with Crippen molar-refractivity contribution in [3.63, 3.8) is 0 Å². The molecule has 2 rings (SSSR count). The molecule has 9 nitrogen and oxygen atoms in total. The topological polar surface area (TPSA) is 123 Å². The Morgan fingerprint density at radius 1 is 1.22 bits per heavy atom. The number of amides is 2. The van der Waals surface area contributed by atoms with Crippen LogP contribution in [0, 0.1) is 15.9 Å². The normalized spacial score (nSPS) is 10.4. The average molecular weight is 395 g/mol. The second kappa shape index (κ2) is 9.25. The van der Waals surface area contributed by atoms with E-state index in [-0.39, 0.29) is 22.1 Å². The molecule has 0 radical (unpaired) electrons. The third-order valence-corrected chi connectivity index (χ3v) is 3.26. The number of carbonyl (C=O) groups excluding carboxylic acids is 2. The number of oxime groups is 1. The number of nitro benzene ring substituents is 1. The van der Waals surface area contributed by atoms with E-state index in [0.29, 0.717) is 0 Å². The monoisotopic (exact) mass is 394 g/mol. The Kier molecular flexibility index (Phi) is 6.78. The van der Waals surface area contributed by atoms with Gasteiger partial charge in [0.15, 0.2) is 6.61 Å². The average Bonchev–Trinajstić information content (AvgIpc) is 2.62. The van der Waals surface area contributed by atoms with Crippen molar-refractivity contribution in [1.82, 2.24) is 0 Å². The van der Waals surface area contributed by atoms with Crippen LogP contribution in [0.25, 0.3) is 0 Å². The number of anilines is 2. The van der Waals surface area contributed by atoms with Crippen LogP contribution in [-0.4, -0.2) is 29.6 Å². The largest absolute Gasteiger partial charge is 0.385 e. The number of nitrogens with one attached hydrogen (secondary N) is 2. The number of carbonyl (C=O) groups is 2. The molecule has 27 heavy (non-hydrogen) atoms. The van der Waals surface area contributed by atoms with Gasteiger partial charge in [0.25, 0.3) is 17.5 Å². The molecular formula is C16H12ClFN4O5. The lowest BCUT2D eigenvalue weighted by Gasteiger charge is -2.05. The van der Waals surface area contributed by atoms with Crippen LogP contribution in [0.15, 0.2) is 47.6 Å². The van der Waals surface area contributed by atoms with Crippen molar-refractivity contribution < 1.29 is 23.7 Å². The first-order valence-electron chi connectivity index (χ1n) is 7.31. The minimum Gasteiger partial charge on any atom is -0.385 e. The number of nitrogens with zero attached hydrogens (tertiary/aromatic N) is 2. The van der Waals surface area contributed by atoms with E-state index in [2.05, 4.69) is 20.6 Å². The standard InChI is InChI=1S/C16H12ClFN4O5/c17-13-7-11(4-5-14(13)18)21-16(24)9-27-19-8-15(23)20-10-2-1-3-12(6-10)22(25)26/h1-8H,9H2,(H,20,23)(H,21,24)/b19-8-. The van der Waals surface area contributed by atoms with Gasteiger partial charge in [-0.1, -0.05) is 22.8 Å². The van der Waals surface area contributed by atoms with Crippen LogP contribution >= 0.6 is 11.6 Å². The highest BCUT2D eigenvalue weighted by atomic mass is 35.5. The van der Waals surface area contributed by atoms with Crippen LogP contribution in [0.1, 0.15) is 0 Å². The highest BCUT2D eigenvalue weighted by Gasteiger charge is 2.08. The Morgan fingerprint density at radius 3 is 2.67 bits per heavy atom. The second-order valence-corrected chi connectivity index (χ2v) is 5.39. The van der Waals surface area contributed by atoms with Gasteiger partial charge in [-0.15, -0.1) is 0 Å². The van der Waals surface area contributed by atoms with Crippen molar-refractivity contribution in [3.05, 3.63) is 63.4 Å². The molecule has 0 aliphatic carbocycles. The van der Waals surface area contributed by atoms with Crippen molar-refractivity contribution >= 4 is 46.7 Å². The summed E-state index contributed by atoms with van der Waals surface area (Å²) in [6.07, 6.45) is 0.765. The van der Waals surface area contributed by atoms with Gasteiger partial charge in [-0.3, -0.25) is 19.7 Å². The number of halogens is 2. The summed E-state index contributed by atoms with van der Waals surface area (Å²) in [6.45, 7) is -0.504. The van der Waals surface area contributed by atoms with Gasteiger partial charge in [0.05, 0.1) is 9.95 Å². The molecule has 0 aliphatic rings. The number of rotatable bonds is 7. The Bertz CT molecular complexity index is 906. The molecule has 2 N–H and O–H groups in total. The van der Waals surface area contributed by atoms with Crippen LogP contribution in [0.5, 0.6) is 0 Å². The first-order chi connectivity index (χ1) is 12.8. The summed E-state index contributed by atoms with van der Waals surface area (Å²) in [5, 5.41) is 18.6. The molecule has 2 amide bonds. The SMILES string of the molecule is O=C(/C=N\OCC(=O)Nc1ccc(F)c(Cl)c1)Nc1cccc([N+](=O)[O-])c1. The van der Waals surface area contributed by atoms with Gasteiger partial charge in [-0.05, 0) is 24.3 Å². The Balaban J connectivity index is 1.78. The summed E-state index contributed by atoms with van der Waals surface area (Å²) >= 11 is 5.59. The van der Waals surface area contributed by atoms with Gasteiger partial charge in [-0.25, -0.2) is 4.39 Å². The number of nitro groups is 1. The first kappa shape index (κ1) is 19.8. The van der Waals surface area contributed by atoms with Crippen LogP contribution in [0.2, 0.25) is 5.02 Å². The Morgan fingerprint density at radius 2 is 1.96 bits per heavy atom. The molecule has 11 heteroatoms. The number of benzene rings is 2. The molecular weight excluding hydrogens is 383 g/mol. The molecule has 0 bridgehead atoms. The maximum Gasteiger partial charge on any atom is 0.271 e. The molecule has 0 spiro atoms. The van der Waals surface area contributed by atoms with Gasteiger partial charge in [0.2, 0.25) is 0 Å². The van der Waals surface area contributed by atoms with Crippen LogP contribution < -0.4 is 10.6 Å². The van der Waals surface area contributed by atoms with E-state index in [1.165, 1.54) is 36.4 Å². The molecule has 0 saturated heterocycles. The molecule has 2 aromatic rings. The molecule has 0 fully saturated rings. The van der Waals surface area contributed by atoms with Gasteiger partial charge < -0.3 is 15.5 Å². The Labute approximate surface area is 156 Å². The zero-order valence-corrected chi connectivity index (χ0v) is 14.3. The van der Waals surface area contributed by atoms with Crippen molar-refractivity contribution in [2.24, 2.45) is 5.16 Å². The molecule has 0 atom stereocenters. The van der Waals surface area contributed by atoms with Crippen molar-refractivity contribution in [2.45, 2.75) is 0 Å². The smallest absolute Gasteiger partial charge is 0.271 e. The highest BCUT2D eigenvalue weighted by Crippen LogP contribution is 2.19. The van der Waals surface area contributed by atoms with Crippen LogP contribution in [-0.2, 0) is 14.4 Å². The summed E-state index contributed by atoms with van der Waals surface area (Å²) in [5.74, 6) is -1.93. The lowest BCUT2D eigenvalue weighted by molar-refractivity contribution is -0.384. The van der Waals surface area contributed by atoms with Crippen molar-refractivity contribution in [2.75, 3.05) is 17.2 Å². The Hall–Kier alpha value is -3.53. The summed E-state index contributed by atoms with van der Waals surface area (Å²) < 4.78 is 13.0. The second-order valence-electron chi connectivity index (χ2n) is 4.98. The van der Waals surface area contributed by atoms with E-state index < -0.39 is 29.2 Å². The lowest BCUT2D eigenvalue weighted by atomic mass is 10.3. The van der Waals surface area contributed by atoms with E-state index in [9.17, 15) is 24.1 Å². The maximum atomic E-state index is 13.0. The maximum absolute atomic E-state index is 13.0. The summed E-state index contributed by atoms with van der Waals surface area (Å²) in [6, 6.07) is 8.95. The summed E-state index contributed by atoms with van der Waals surface area (Å²) in [4.78, 5) is 38.0. The van der Waals surface area contributed by atoms with Gasteiger partial charge in [0.1, 0.15) is 12.0 Å². The molecule has 2 aromatic carbocycles. The highest BCUT2D eigenvalue weighted by molar-refractivity contribution is 6.31. The van der Waals surface area contributed by atoms with E-state index in [1.807, 2.05) is 0 Å². The lowest BCUT2D eigenvalue weighted by Crippen LogP contribution is -2.18. The van der Waals surface area contributed by atoms with Gasteiger partial charge in [0, 0.05) is 23.5 Å². The predicted octanol–water partition coefficient (Wildman–Crippen LogP) is 2.97. The molecule has 0 heterocycles. The molecule has 0 aromatic heterocycles. The third kappa shape index (κ3) is 6.36. The van der Waals surface area contributed by atoms with Crippen LogP contribution in [0.3, 0.4) is 0 Å². The van der Waals surface area contributed by atoms with Gasteiger partial charge in [-0.2, -0.15) is 0 Å². The third-order valence-electron chi connectivity index (χ3n) is 2.97. The number of hydrogen-bond donors (Lipinski definition) is 2. The van der Waals surface area contributed by atoms with Crippen LogP contribution in [0.4, 0.5) is 21.5 Å². The summed E-state index contributed by atoms with van der Waals surface area (Å²) in [7, 11) is 0. The fourth-order valence-corrected chi connectivity index (χ4v) is 2.00. The fourth-order valence-electron chi connectivity index (χ4n) is 1.82. The van der Waals surface area contributed by atoms with E-state index >= 15 is 0 Å². The molecule has 0 aliphatic heterocycles. The van der Waals surface area contributed by atoms with E-state index in [0.717, 1.165) is 12.3 Å². The minimum atomic E-state index is -0.707. The van der Waals surface area contributed by atoms with Crippen molar-refractivity contribution in [1.29, 1.82) is 0 Å². The quantitative estimate of drug-likeness (QED) is 0.424. The van der Waals surface area contributed by atoms with Crippen molar-refractivity contribution in [3.8, 4) is 0 Å². The number of non-ortho nitro benzene ring substituents is 1. The van der Waals surface area contributed by atoms with E-state index in [4.69, 9.17) is 11.6 Å². The molecule has 0 unspecified atom stereocenters. The first-order valence-corrected chi connectivity index (χ1v) is 7.68.